The standard InChI is InChI=1S/C6H7Br2N3/c7-1-4-3-10-6(9)5(2-8)11-4/h3H,1-2H2,(H2,9,10). The number of nitrogens with zero attached hydrogens (tertiary/aromatic N) is 2. The van der Waals surface area contributed by atoms with Gasteiger partial charge in [0.15, 0.2) is 0 Å². The first-order valence-electron chi connectivity index (χ1n) is 3.00. The summed E-state index contributed by atoms with van der Waals surface area (Å²) < 4.78 is 0. The zero-order valence-electron chi connectivity index (χ0n) is 5.72. The van der Waals surface area contributed by atoms with Gasteiger partial charge in [-0.1, -0.05) is 31.9 Å². The number of halogens is 2. The molecule has 1 aromatic rings. The second-order valence-corrected chi connectivity index (χ2v) is 3.08. The van der Waals surface area contributed by atoms with Crippen molar-refractivity contribution in [3.05, 3.63) is 17.6 Å². The Labute approximate surface area is 81.7 Å². The van der Waals surface area contributed by atoms with Crippen molar-refractivity contribution in [3.63, 3.8) is 0 Å². The van der Waals surface area contributed by atoms with Crippen molar-refractivity contribution in [1.29, 1.82) is 0 Å². The van der Waals surface area contributed by atoms with E-state index in [4.69, 9.17) is 5.73 Å². The van der Waals surface area contributed by atoms with Crippen LogP contribution in [0.3, 0.4) is 0 Å². The maximum atomic E-state index is 5.54. The first kappa shape index (κ1) is 8.93. The van der Waals surface area contributed by atoms with Gasteiger partial charge in [0.1, 0.15) is 5.82 Å². The van der Waals surface area contributed by atoms with Gasteiger partial charge in [0.25, 0.3) is 0 Å². The average molecular weight is 281 g/mol. The van der Waals surface area contributed by atoms with Gasteiger partial charge < -0.3 is 5.73 Å². The van der Waals surface area contributed by atoms with E-state index in [0.29, 0.717) is 16.5 Å². The minimum absolute atomic E-state index is 0.492. The highest BCUT2D eigenvalue weighted by Crippen LogP contribution is 2.11. The van der Waals surface area contributed by atoms with Crippen molar-refractivity contribution in [2.75, 3.05) is 5.73 Å². The second-order valence-electron chi connectivity index (χ2n) is 1.96. The minimum atomic E-state index is 0.492. The number of hydrogen-bond acceptors (Lipinski definition) is 3. The number of alkyl halides is 2. The van der Waals surface area contributed by atoms with Gasteiger partial charge in [0.05, 0.1) is 17.6 Å². The molecule has 1 heterocycles. The van der Waals surface area contributed by atoms with Gasteiger partial charge in [0, 0.05) is 10.7 Å². The minimum Gasteiger partial charge on any atom is -0.382 e. The summed E-state index contributed by atoms with van der Waals surface area (Å²) in [6, 6.07) is 0. The van der Waals surface area contributed by atoms with Crippen molar-refractivity contribution in [3.8, 4) is 0 Å². The van der Waals surface area contributed by atoms with Crippen molar-refractivity contribution in [2.45, 2.75) is 10.7 Å². The Morgan fingerprint density at radius 2 is 2.09 bits per heavy atom. The maximum Gasteiger partial charge on any atom is 0.146 e. The summed E-state index contributed by atoms with van der Waals surface area (Å²) in [5, 5.41) is 1.35. The van der Waals surface area contributed by atoms with Crippen LogP contribution in [0.2, 0.25) is 0 Å². The highest BCUT2D eigenvalue weighted by atomic mass is 79.9. The molecule has 0 unspecified atom stereocenters. The van der Waals surface area contributed by atoms with Gasteiger partial charge in [0.2, 0.25) is 0 Å². The number of nitrogens with two attached hydrogens (primary N) is 1. The Bertz CT molecular complexity index is 252. The van der Waals surface area contributed by atoms with E-state index in [0.717, 1.165) is 11.4 Å². The van der Waals surface area contributed by atoms with E-state index in [9.17, 15) is 0 Å². The number of nitrogen functional groups attached to an aromatic ring is 1. The second kappa shape index (κ2) is 4.01. The molecule has 0 saturated carbocycles. The van der Waals surface area contributed by atoms with Crippen molar-refractivity contribution >= 4 is 37.7 Å². The zero-order chi connectivity index (χ0) is 8.27. The van der Waals surface area contributed by atoms with E-state index in [1.807, 2.05) is 0 Å². The van der Waals surface area contributed by atoms with Crippen LogP contribution in [-0.2, 0) is 10.7 Å². The molecular formula is C6H7Br2N3. The third-order valence-corrected chi connectivity index (χ3v) is 2.30. The Hall–Kier alpha value is -0.160. The topological polar surface area (TPSA) is 51.8 Å². The molecule has 0 saturated heterocycles. The number of hydrogen-bond donors (Lipinski definition) is 1. The van der Waals surface area contributed by atoms with E-state index >= 15 is 0 Å². The average Bonchev–Trinajstić information content (AvgIpc) is 2.05. The van der Waals surface area contributed by atoms with Crippen molar-refractivity contribution in [2.24, 2.45) is 0 Å². The molecule has 0 bridgehead atoms. The quantitative estimate of drug-likeness (QED) is 0.842. The molecule has 0 aromatic carbocycles. The van der Waals surface area contributed by atoms with Gasteiger partial charge >= 0.3 is 0 Å². The maximum absolute atomic E-state index is 5.54. The van der Waals surface area contributed by atoms with Crippen molar-refractivity contribution < 1.29 is 0 Å². The third kappa shape index (κ3) is 2.13. The molecule has 0 fully saturated rings. The van der Waals surface area contributed by atoms with Crippen LogP contribution in [0.5, 0.6) is 0 Å². The molecule has 5 heteroatoms. The SMILES string of the molecule is Nc1ncc(CBr)nc1CBr. The van der Waals surface area contributed by atoms with Crippen LogP contribution in [0.4, 0.5) is 5.82 Å². The van der Waals surface area contributed by atoms with E-state index in [-0.39, 0.29) is 0 Å². The van der Waals surface area contributed by atoms with Crippen LogP contribution in [0, 0.1) is 0 Å². The monoisotopic (exact) mass is 279 g/mol. The summed E-state index contributed by atoms with van der Waals surface area (Å²) in [5.41, 5.74) is 7.23. The molecule has 60 valence electrons. The molecular weight excluding hydrogens is 274 g/mol. The normalized spacial score (nSPS) is 10.0. The van der Waals surface area contributed by atoms with Crippen LogP contribution in [0.1, 0.15) is 11.4 Å². The fourth-order valence-corrected chi connectivity index (χ4v) is 1.32. The largest absolute Gasteiger partial charge is 0.382 e. The van der Waals surface area contributed by atoms with E-state index in [2.05, 4.69) is 41.8 Å². The predicted octanol–water partition coefficient (Wildman–Crippen LogP) is 1.85. The van der Waals surface area contributed by atoms with E-state index < -0.39 is 0 Å². The van der Waals surface area contributed by atoms with Crippen LogP contribution in [-0.4, -0.2) is 9.97 Å². The summed E-state index contributed by atoms with van der Waals surface area (Å²) in [6.45, 7) is 0. The van der Waals surface area contributed by atoms with E-state index in [1.165, 1.54) is 0 Å². The summed E-state index contributed by atoms with van der Waals surface area (Å²) in [7, 11) is 0. The van der Waals surface area contributed by atoms with E-state index in [1.54, 1.807) is 6.20 Å². The summed E-state index contributed by atoms with van der Waals surface area (Å²) in [4.78, 5) is 8.20. The Kier molecular flexibility index (Phi) is 3.26. The number of aromatic nitrogens is 2. The highest BCUT2D eigenvalue weighted by molar-refractivity contribution is 9.08. The molecule has 0 amide bonds. The lowest BCUT2D eigenvalue weighted by molar-refractivity contribution is 1.05. The number of rotatable bonds is 2. The molecule has 11 heavy (non-hydrogen) atoms. The van der Waals surface area contributed by atoms with Gasteiger partial charge in [-0.05, 0) is 0 Å². The van der Waals surface area contributed by atoms with Crippen LogP contribution in [0.15, 0.2) is 6.20 Å². The zero-order valence-corrected chi connectivity index (χ0v) is 8.89. The van der Waals surface area contributed by atoms with Gasteiger partial charge in [-0.2, -0.15) is 0 Å². The first-order chi connectivity index (χ1) is 5.27. The van der Waals surface area contributed by atoms with Crippen molar-refractivity contribution in [1.82, 2.24) is 9.97 Å². The third-order valence-electron chi connectivity index (χ3n) is 1.19. The molecule has 1 rings (SSSR count). The van der Waals surface area contributed by atoms with Crippen LogP contribution < -0.4 is 5.73 Å². The summed E-state index contributed by atoms with van der Waals surface area (Å²) >= 11 is 6.56. The number of anilines is 1. The lowest BCUT2D eigenvalue weighted by atomic mass is 10.4. The molecule has 1 aromatic heterocycles. The molecule has 0 radical (unpaired) electrons. The molecule has 0 aliphatic rings. The highest BCUT2D eigenvalue weighted by Gasteiger charge is 2.01. The molecule has 0 atom stereocenters. The predicted molar refractivity (Wildman–Crippen MR) is 51.7 cm³/mol. The molecule has 0 spiro atoms. The Morgan fingerprint density at radius 1 is 1.36 bits per heavy atom. The van der Waals surface area contributed by atoms with Gasteiger partial charge in [-0.3, -0.25) is 4.98 Å². The van der Waals surface area contributed by atoms with Gasteiger partial charge in [-0.25, -0.2) is 4.98 Å². The molecule has 2 N–H and O–H groups in total. The van der Waals surface area contributed by atoms with Crippen LogP contribution in [0.25, 0.3) is 0 Å². The first-order valence-corrected chi connectivity index (χ1v) is 5.24. The molecule has 0 aliphatic heterocycles. The lowest BCUT2D eigenvalue weighted by Gasteiger charge is -2.00. The lowest BCUT2D eigenvalue weighted by Crippen LogP contribution is -2.00. The summed E-state index contributed by atoms with van der Waals surface area (Å²) in [5.74, 6) is 0.492. The fraction of sp³-hybridized carbons (Fsp3) is 0.333. The molecule has 3 nitrogen and oxygen atoms in total. The van der Waals surface area contributed by atoms with Crippen LogP contribution >= 0.6 is 31.9 Å². The Morgan fingerprint density at radius 3 is 2.64 bits per heavy atom. The fourth-order valence-electron chi connectivity index (χ4n) is 0.641. The van der Waals surface area contributed by atoms with Gasteiger partial charge in [-0.15, -0.1) is 0 Å². The summed E-state index contributed by atoms with van der Waals surface area (Å²) in [6.07, 6.45) is 1.66. The Balaban J connectivity index is 3.02. The molecule has 0 aliphatic carbocycles. The smallest absolute Gasteiger partial charge is 0.146 e.